The van der Waals surface area contributed by atoms with E-state index in [2.05, 4.69) is 0 Å². The van der Waals surface area contributed by atoms with Crippen molar-refractivity contribution in [1.29, 1.82) is 0 Å². The molecule has 0 radical (unpaired) electrons. The lowest BCUT2D eigenvalue weighted by atomic mass is 9.99. The van der Waals surface area contributed by atoms with Crippen molar-refractivity contribution in [1.82, 2.24) is 0 Å². The average molecular weight is 144 g/mol. The molecule has 0 saturated carbocycles. The fraction of sp³-hybridized carbons (Fsp3) is 1.00. The van der Waals surface area contributed by atoms with Gasteiger partial charge in [0, 0.05) is 13.0 Å². The Bertz CT molecular complexity index is 129. The molecule has 3 nitrogen and oxygen atoms in total. The summed E-state index contributed by atoms with van der Waals surface area (Å²) in [6.07, 6.45) is 2.23. The summed E-state index contributed by atoms with van der Waals surface area (Å²) in [4.78, 5) is 0. The van der Waals surface area contributed by atoms with E-state index >= 15 is 0 Å². The Hall–Kier alpha value is -0.120. The summed E-state index contributed by atoms with van der Waals surface area (Å²) >= 11 is 0. The summed E-state index contributed by atoms with van der Waals surface area (Å²) < 4.78 is 10.5. The van der Waals surface area contributed by atoms with Crippen LogP contribution in [0, 0.1) is 0 Å². The third kappa shape index (κ3) is 0.944. The van der Waals surface area contributed by atoms with E-state index in [1.54, 1.807) is 0 Å². The van der Waals surface area contributed by atoms with Crippen LogP contribution in [-0.2, 0) is 9.47 Å². The van der Waals surface area contributed by atoms with E-state index in [-0.39, 0.29) is 5.60 Å². The highest BCUT2D eigenvalue weighted by molar-refractivity contribution is 4.89. The molecule has 0 aromatic carbocycles. The highest BCUT2D eigenvalue weighted by Gasteiger charge is 2.42. The lowest BCUT2D eigenvalue weighted by Gasteiger charge is -2.18. The first-order valence-electron chi connectivity index (χ1n) is 3.74. The van der Waals surface area contributed by atoms with Crippen LogP contribution < -0.4 is 0 Å². The van der Waals surface area contributed by atoms with Crippen LogP contribution in [0.3, 0.4) is 0 Å². The topological polar surface area (TPSA) is 38.7 Å². The van der Waals surface area contributed by atoms with E-state index in [4.69, 9.17) is 14.6 Å². The Morgan fingerprint density at radius 2 is 2.40 bits per heavy atom. The molecule has 2 unspecified atom stereocenters. The van der Waals surface area contributed by atoms with Crippen LogP contribution in [-0.4, -0.2) is 30.2 Å². The molecule has 0 aliphatic carbocycles. The SMILES string of the molecule is OC1CC2(CCCO2)CO1. The Morgan fingerprint density at radius 1 is 1.50 bits per heavy atom. The van der Waals surface area contributed by atoms with Crippen molar-refractivity contribution in [2.75, 3.05) is 13.2 Å². The van der Waals surface area contributed by atoms with E-state index in [1.165, 1.54) is 0 Å². The van der Waals surface area contributed by atoms with Gasteiger partial charge in [0.2, 0.25) is 0 Å². The van der Waals surface area contributed by atoms with Crippen LogP contribution >= 0.6 is 0 Å². The van der Waals surface area contributed by atoms with Crippen molar-refractivity contribution in [3.63, 3.8) is 0 Å². The van der Waals surface area contributed by atoms with Gasteiger partial charge in [-0.2, -0.15) is 0 Å². The summed E-state index contributed by atoms with van der Waals surface area (Å²) in [6.45, 7) is 1.41. The maximum absolute atomic E-state index is 9.05. The van der Waals surface area contributed by atoms with E-state index in [9.17, 15) is 0 Å². The third-order valence-corrected chi connectivity index (χ3v) is 2.27. The molecule has 2 aliphatic heterocycles. The number of aliphatic hydroxyl groups excluding tert-OH is 1. The van der Waals surface area contributed by atoms with Gasteiger partial charge < -0.3 is 14.6 Å². The second kappa shape index (κ2) is 2.19. The first-order valence-corrected chi connectivity index (χ1v) is 3.74. The molecule has 3 heteroatoms. The Balaban J connectivity index is 2.03. The molecule has 0 bridgehead atoms. The zero-order chi connectivity index (χ0) is 7.03. The van der Waals surface area contributed by atoms with Crippen molar-refractivity contribution < 1.29 is 14.6 Å². The molecule has 2 aliphatic rings. The standard InChI is InChI=1S/C7H12O3/c8-6-4-7(5-9-6)2-1-3-10-7/h6,8H,1-5H2. The monoisotopic (exact) mass is 144 g/mol. The molecule has 0 aromatic rings. The molecule has 2 fully saturated rings. The molecule has 2 saturated heterocycles. The summed E-state index contributed by atoms with van der Waals surface area (Å²) in [5, 5.41) is 9.05. The van der Waals surface area contributed by atoms with Gasteiger partial charge in [0.1, 0.15) is 0 Å². The fourth-order valence-electron chi connectivity index (χ4n) is 1.71. The maximum atomic E-state index is 9.05. The Morgan fingerprint density at radius 3 is 2.90 bits per heavy atom. The number of aliphatic hydroxyl groups is 1. The predicted octanol–water partition coefficient (Wildman–Crippen LogP) is 0.274. The highest BCUT2D eigenvalue weighted by atomic mass is 16.6. The molecule has 2 atom stereocenters. The van der Waals surface area contributed by atoms with E-state index < -0.39 is 6.29 Å². The van der Waals surface area contributed by atoms with Crippen molar-refractivity contribution in [3.05, 3.63) is 0 Å². The average Bonchev–Trinajstić information content (AvgIpc) is 2.46. The van der Waals surface area contributed by atoms with Gasteiger partial charge in [0.25, 0.3) is 0 Å². The van der Waals surface area contributed by atoms with Crippen molar-refractivity contribution >= 4 is 0 Å². The molecule has 2 rings (SSSR count). The number of ether oxygens (including phenoxy) is 2. The lowest BCUT2D eigenvalue weighted by molar-refractivity contribution is -0.0619. The van der Waals surface area contributed by atoms with Gasteiger partial charge in [-0.05, 0) is 12.8 Å². The fourth-order valence-corrected chi connectivity index (χ4v) is 1.71. The van der Waals surface area contributed by atoms with E-state index in [0.29, 0.717) is 13.0 Å². The largest absolute Gasteiger partial charge is 0.372 e. The van der Waals surface area contributed by atoms with Gasteiger partial charge in [-0.3, -0.25) is 0 Å². The number of hydrogen-bond acceptors (Lipinski definition) is 3. The molecule has 2 heterocycles. The van der Waals surface area contributed by atoms with Gasteiger partial charge >= 0.3 is 0 Å². The summed E-state index contributed by atoms with van der Waals surface area (Å²) in [5.74, 6) is 0. The quantitative estimate of drug-likeness (QED) is 0.530. The molecule has 1 spiro atoms. The smallest absolute Gasteiger partial charge is 0.157 e. The molecule has 1 N–H and O–H groups in total. The minimum atomic E-state index is -0.585. The second-order valence-corrected chi connectivity index (χ2v) is 3.10. The molecular weight excluding hydrogens is 132 g/mol. The van der Waals surface area contributed by atoms with E-state index in [1.807, 2.05) is 0 Å². The minimum Gasteiger partial charge on any atom is -0.372 e. The predicted molar refractivity (Wildman–Crippen MR) is 34.5 cm³/mol. The minimum absolute atomic E-state index is 0.112. The summed E-state index contributed by atoms with van der Waals surface area (Å²) in [5.41, 5.74) is -0.112. The normalized spacial score (nSPS) is 47.1. The third-order valence-electron chi connectivity index (χ3n) is 2.27. The van der Waals surface area contributed by atoms with Gasteiger partial charge in [0.15, 0.2) is 6.29 Å². The molecule has 0 aromatic heterocycles. The molecular formula is C7H12O3. The van der Waals surface area contributed by atoms with Gasteiger partial charge in [-0.15, -0.1) is 0 Å². The number of hydrogen-bond donors (Lipinski definition) is 1. The summed E-state index contributed by atoms with van der Waals surface area (Å²) in [7, 11) is 0. The van der Waals surface area contributed by atoms with Crippen LogP contribution in [0.25, 0.3) is 0 Å². The van der Waals surface area contributed by atoms with Crippen LogP contribution in [0.5, 0.6) is 0 Å². The van der Waals surface area contributed by atoms with Crippen LogP contribution in [0.15, 0.2) is 0 Å². The molecule has 58 valence electrons. The first kappa shape index (κ1) is 6.58. The maximum Gasteiger partial charge on any atom is 0.157 e. The van der Waals surface area contributed by atoms with Crippen LogP contribution in [0.2, 0.25) is 0 Å². The number of rotatable bonds is 0. The van der Waals surface area contributed by atoms with E-state index in [0.717, 1.165) is 19.4 Å². The Kier molecular flexibility index (Phi) is 1.44. The van der Waals surface area contributed by atoms with Gasteiger partial charge in [-0.1, -0.05) is 0 Å². The van der Waals surface area contributed by atoms with Crippen LogP contribution in [0.4, 0.5) is 0 Å². The van der Waals surface area contributed by atoms with Crippen molar-refractivity contribution in [2.24, 2.45) is 0 Å². The van der Waals surface area contributed by atoms with Crippen molar-refractivity contribution in [3.8, 4) is 0 Å². The Labute approximate surface area is 59.9 Å². The highest BCUT2D eigenvalue weighted by Crippen LogP contribution is 2.35. The zero-order valence-electron chi connectivity index (χ0n) is 5.88. The lowest BCUT2D eigenvalue weighted by Crippen LogP contribution is -2.27. The van der Waals surface area contributed by atoms with Gasteiger partial charge in [0.05, 0.1) is 12.2 Å². The molecule has 10 heavy (non-hydrogen) atoms. The molecule has 0 amide bonds. The zero-order valence-corrected chi connectivity index (χ0v) is 5.88. The second-order valence-electron chi connectivity index (χ2n) is 3.10. The first-order chi connectivity index (χ1) is 4.81. The van der Waals surface area contributed by atoms with Crippen molar-refractivity contribution in [2.45, 2.75) is 31.2 Å². The summed E-state index contributed by atoms with van der Waals surface area (Å²) in [6, 6.07) is 0. The van der Waals surface area contributed by atoms with Crippen LogP contribution in [0.1, 0.15) is 19.3 Å². The van der Waals surface area contributed by atoms with Gasteiger partial charge in [-0.25, -0.2) is 0 Å².